The summed E-state index contributed by atoms with van der Waals surface area (Å²) in [5.41, 5.74) is 10.9. The number of carbonyl (C=O) groups is 12. The van der Waals surface area contributed by atoms with Gasteiger partial charge < -0.3 is 85.1 Å². The molecule has 0 bridgehead atoms. The quantitative estimate of drug-likeness (QED) is 0.0374. The van der Waals surface area contributed by atoms with Crippen LogP contribution >= 0.6 is 25.3 Å². The third-order valence-electron chi connectivity index (χ3n) is 12.5. The van der Waals surface area contributed by atoms with Crippen LogP contribution in [-0.2, 0) is 57.5 Å². The third kappa shape index (κ3) is 22.7. The molecule has 0 aromatic rings. The Labute approximate surface area is 470 Å². The van der Waals surface area contributed by atoms with Gasteiger partial charge in [0.1, 0.15) is 54.4 Å². The minimum absolute atomic E-state index is 0.0345. The molecule has 10 atom stereocenters. The van der Waals surface area contributed by atoms with E-state index in [1.54, 1.807) is 41.5 Å². The number of aliphatic hydroxyl groups excluding tert-OH is 2. The van der Waals surface area contributed by atoms with E-state index < -0.39 is 174 Å². The molecular formula is C48H83N15O14S2. The zero-order valence-corrected chi connectivity index (χ0v) is 48.0. The SMILES string of the molecule is CC(C)C[C@@H]1NC(=O)[C@H](C(C)C)NC(=O)[C@H](CO)NC(=O)CNC(=O)CNC(=O)[C@H](CCCN=C(N)N)NC(=O)[C@@H]2CCCN2C(=O)[C@H](C(C)(C)S)NC(=O)[C@H](CS)NC(=O)CNC(=O)[C@H]([C@@H](C)O)NC(=O)[C@H](C(C)C)NC1=O. The van der Waals surface area contributed by atoms with Gasteiger partial charge in [0.15, 0.2) is 5.96 Å². The molecule has 31 heteroatoms. The number of hydrogen-bond acceptors (Lipinski definition) is 17. The van der Waals surface area contributed by atoms with Crippen molar-refractivity contribution in [3.63, 3.8) is 0 Å². The van der Waals surface area contributed by atoms with Gasteiger partial charge in [-0.15, -0.1) is 0 Å². The lowest BCUT2D eigenvalue weighted by atomic mass is 9.98. The van der Waals surface area contributed by atoms with E-state index in [4.69, 9.17) is 11.5 Å². The van der Waals surface area contributed by atoms with Crippen LogP contribution in [0, 0.1) is 17.8 Å². The summed E-state index contributed by atoms with van der Waals surface area (Å²) in [6.07, 6.45) is -0.955. The van der Waals surface area contributed by atoms with Crippen molar-refractivity contribution < 1.29 is 67.7 Å². The van der Waals surface area contributed by atoms with Crippen LogP contribution in [0.3, 0.4) is 0 Å². The van der Waals surface area contributed by atoms with Crippen molar-refractivity contribution in [1.29, 1.82) is 0 Å². The summed E-state index contributed by atoms with van der Waals surface area (Å²) in [6.45, 7) is 11.0. The maximum absolute atomic E-state index is 14.3. The summed E-state index contributed by atoms with van der Waals surface area (Å²) in [7, 11) is 0. The van der Waals surface area contributed by atoms with Crippen molar-refractivity contribution in [2.45, 2.75) is 160 Å². The standard InChI is InChI=1S/C48H83N15O14S2/c1-22(2)16-27-39(70)59-35(24(5)6)45(76)61-36(25(7)65)43(74)54-19-33(68)56-29(21-78)41(72)62-37(48(8,9)79)46(77)63-15-11-13-30(63)42(73)57-26(12-10-14-51-47(49)50)38(69)53-17-31(66)52-18-32(67)55-28(20-64)40(71)60-34(23(3)4)44(75)58-27/h22-30,34-37,64-65,78-79H,10-21H2,1-9H3,(H,52,66)(H,53,69)(H,54,74)(H,55,67)(H,56,68)(H,57,73)(H,58,75)(H,59,70)(H,60,71)(H,61,76)(H,62,72)(H4,49,50,51)/t25-,26+,27+,28+,29+,30+,34+,35+,36+,37-/m1/s1. The molecule has 2 saturated heterocycles. The predicted molar refractivity (Wildman–Crippen MR) is 294 cm³/mol. The van der Waals surface area contributed by atoms with E-state index in [9.17, 15) is 67.7 Å². The average Bonchev–Trinajstić information content (AvgIpc) is 3.87. The zero-order valence-electron chi connectivity index (χ0n) is 46.2. The largest absolute Gasteiger partial charge is 0.394 e. The Morgan fingerprint density at radius 1 is 0.620 bits per heavy atom. The van der Waals surface area contributed by atoms with Gasteiger partial charge in [0, 0.05) is 23.6 Å². The molecule has 0 spiro atoms. The van der Waals surface area contributed by atoms with Crippen LogP contribution in [0.15, 0.2) is 4.99 Å². The van der Waals surface area contributed by atoms with Crippen molar-refractivity contribution >= 4 is 102 Å². The molecule has 2 fully saturated rings. The van der Waals surface area contributed by atoms with Crippen LogP contribution in [0.2, 0.25) is 0 Å². The lowest BCUT2D eigenvalue weighted by Crippen LogP contribution is -2.63. The van der Waals surface area contributed by atoms with Gasteiger partial charge in [-0.05, 0) is 70.6 Å². The van der Waals surface area contributed by atoms with Crippen LogP contribution < -0.4 is 70.0 Å². The van der Waals surface area contributed by atoms with Gasteiger partial charge in [0.25, 0.3) is 0 Å². The summed E-state index contributed by atoms with van der Waals surface area (Å²) in [4.78, 5) is 168. The van der Waals surface area contributed by atoms with Crippen molar-refractivity contribution in [2.24, 2.45) is 34.2 Å². The number of aliphatic hydroxyl groups is 2. The Balaban J connectivity index is 2.59. The lowest BCUT2D eigenvalue weighted by molar-refractivity contribution is -0.143. The van der Waals surface area contributed by atoms with Crippen LogP contribution in [0.4, 0.5) is 0 Å². The highest BCUT2D eigenvalue weighted by Crippen LogP contribution is 2.25. The highest BCUT2D eigenvalue weighted by atomic mass is 32.1. The maximum Gasteiger partial charge on any atom is 0.247 e. The number of fused-ring (bicyclic) bond motifs is 1. The highest BCUT2D eigenvalue weighted by molar-refractivity contribution is 7.81. The molecule has 2 heterocycles. The third-order valence-corrected chi connectivity index (χ3v) is 13.1. The molecule has 29 nitrogen and oxygen atoms in total. The van der Waals surface area contributed by atoms with Gasteiger partial charge >= 0.3 is 0 Å². The molecule has 17 N–H and O–H groups in total. The van der Waals surface area contributed by atoms with E-state index >= 15 is 0 Å². The molecule has 0 aliphatic carbocycles. The lowest BCUT2D eigenvalue weighted by Gasteiger charge is -2.35. The number of aliphatic imine (C=N–C) groups is 1. The van der Waals surface area contributed by atoms with E-state index in [1.807, 2.05) is 0 Å². The Bertz CT molecular complexity index is 2230. The van der Waals surface area contributed by atoms with E-state index in [1.165, 1.54) is 25.7 Å². The van der Waals surface area contributed by atoms with E-state index in [-0.39, 0.29) is 56.4 Å². The average molecular weight is 1160 g/mol. The number of nitrogens with two attached hydrogens (primary N) is 2. The molecule has 2 aliphatic rings. The van der Waals surface area contributed by atoms with Crippen molar-refractivity contribution in [1.82, 2.24) is 63.4 Å². The fourth-order valence-electron chi connectivity index (χ4n) is 8.17. The molecule has 12 amide bonds. The maximum atomic E-state index is 14.3. The second-order valence-electron chi connectivity index (χ2n) is 21.0. The zero-order chi connectivity index (χ0) is 60.1. The van der Waals surface area contributed by atoms with Gasteiger partial charge in [0.2, 0.25) is 70.9 Å². The van der Waals surface area contributed by atoms with Crippen molar-refractivity contribution in [3.05, 3.63) is 0 Å². The first-order chi connectivity index (χ1) is 36.8. The molecule has 0 unspecified atom stereocenters. The number of guanidine groups is 1. The molecule has 446 valence electrons. The topological polar surface area (TPSA) is 445 Å². The molecular weight excluding hydrogens is 1070 g/mol. The summed E-state index contributed by atoms with van der Waals surface area (Å²) < 4.78 is -1.30. The van der Waals surface area contributed by atoms with Gasteiger partial charge in [-0.1, -0.05) is 41.5 Å². The summed E-state index contributed by atoms with van der Waals surface area (Å²) in [5, 5.41) is 47.7. The monoisotopic (exact) mass is 1160 g/mol. The van der Waals surface area contributed by atoms with E-state index in [0.717, 1.165) is 0 Å². The smallest absolute Gasteiger partial charge is 0.247 e. The minimum atomic E-state index is -1.69. The Hall–Kier alpha value is -6.47. The van der Waals surface area contributed by atoms with E-state index in [0.29, 0.717) is 6.42 Å². The van der Waals surface area contributed by atoms with Gasteiger partial charge in [0.05, 0.1) is 32.3 Å². The number of nitrogens with zero attached hydrogens (tertiary/aromatic N) is 2. The predicted octanol–water partition coefficient (Wildman–Crippen LogP) is -6.36. The second kappa shape index (κ2) is 32.6. The number of hydrogen-bond donors (Lipinski definition) is 17. The number of rotatable bonds is 12. The number of amides is 12. The summed E-state index contributed by atoms with van der Waals surface area (Å²) in [5.74, 6) is -12.7. The Morgan fingerprint density at radius 3 is 1.63 bits per heavy atom. The molecule has 79 heavy (non-hydrogen) atoms. The molecule has 0 aromatic heterocycles. The number of nitrogens with one attached hydrogen (secondary N) is 11. The normalized spacial score (nSPS) is 26.7. The molecule has 2 rings (SSSR count). The van der Waals surface area contributed by atoms with Crippen molar-refractivity contribution in [2.75, 3.05) is 45.1 Å². The second-order valence-corrected chi connectivity index (χ2v) is 22.5. The van der Waals surface area contributed by atoms with Gasteiger partial charge in [-0.25, -0.2) is 0 Å². The number of carbonyl (C=O) groups excluding carboxylic acids is 12. The molecule has 0 saturated carbocycles. The van der Waals surface area contributed by atoms with Crippen LogP contribution in [0.5, 0.6) is 0 Å². The molecule has 0 aromatic carbocycles. The summed E-state index contributed by atoms with van der Waals surface area (Å²) >= 11 is 8.79. The Morgan fingerprint density at radius 2 is 1.11 bits per heavy atom. The first-order valence-electron chi connectivity index (χ1n) is 26.0. The fourth-order valence-corrected chi connectivity index (χ4v) is 8.60. The van der Waals surface area contributed by atoms with Crippen LogP contribution in [-0.4, -0.2) is 202 Å². The van der Waals surface area contributed by atoms with Gasteiger partial charge in [-0.2, -0.15) is 25.3 Å². The van der Waals surface area contributed by atoms with Crippen molar-refractivity contribution in [3.8, 4) is 0 Å². The minimum Gasteiger partial charge on any atom is -0.394 e. The molecule has 2 aliphatic heterocycles. The number of thiol groups is 2. The highest BCUT2D eigenvalue weighted by Gasteiger charge is 2.44. The first kappa shape index (κ1) is 68.6. The molecule has 0 radical (unpaired) electrons. The first-order valence-corrected chi connectivity index (χ1v) is 27.1. The van der Waals surface area contributed by atoms with Crippen LogP contribution in [0.25, 0.3) is 0 Å². The Kier molecular flexibility index (Phi) is 28.3. The van der Waals surface area contributed by atoms with Crippen LogP contribution in [0.1, 0.15) is 94.4 Å². The summed E-state index contributed by atoms with van der Waals surface area (Å²) in [6, 6.07) is -12.7. The van der Waals surface area contributed by atoms with Gasteiger partial charge in [-0.3, -0.25) is 62.5 Å². The van der Waals surface area contributed by atoms with E-state index in [2.05, 4.69) is 88.7 Å². The fraction of sp³-hybridized carbons (Fsp3) is 0.729.